The maximum atomic E-state index is 14.3. The number of amides is 3. The van der Waals surface area contributed by atoms with Gasteiger partial charge in [-0.1, -0.05) is 37.6 Å². The van der Waals surface area contributed by atoms with Crippen LogP contribution < -0.4 is 15.4 Å². The van der Waals surface area contributed by atoms with Crippen LogP contribution in [0.3, 0.4) is 0 Å². The van der Waals surface area contributed by atoms with E-state index in [1.807, 2.05) is 0 Å². The van der Waals surface area contributed by atoms with Gasteiger partial charge in [0.15, 0.2) is 11.6 Å². The third kappa shape index (κ3) is 2.99. The lowest BCUT2D eigenvalue weighted by atomic mass is 9.69. The average Bonchev–Trinajstić information content (AvgIpc) is 2.60. The largest absolute Gasteiger partial charge is 0.435 e. The van der Waals surface area contributed by atoms with Crippen LogP contribution in [0.15, 0.2) is 30.3 Å². The van der Waals surface area contributed by atoms with Crippen LogP contribution in [0.2, 0.25) is 5.15 Å². The summed E-state index contributed by atoms with van der Waals surface area (Å²) in [5.41, 5.74) is -0.0217. The number of para-hydroxylation sites is 1. The lowest BCUT2D eigenvalue weighted by Gasteiger charge is -2.37. The van der Waals surface area contributed by atoms with Crippen LogP contribution in [0.1, 0.15) is 30.9 Å². The molecule has 0 aliphatic carbocycles. The number of halogens is 2. The molecule has 0 saturated carbocycles. The number of carbonyl (C=O) groups excluding carboxylic acids is 2. The van der Waals surface area contributed by atoms with E-state index in [9.17, 15) is 14.0 Å². The number of aromatic nitrogens is 1. The molecule has 0 saturated heterocycles. The van der Waals surface area contributed by atoms with E-state index in [1.54, 1.807) is 38.1 Å². The summed E-state index contributed by atoms with van der Waals surface area (Å²) in [7, 11) is 1.41. The molecule has 8 heteroatoms. The van der Waals surface area contributed by atoms with Gasteiger partial charge in [0.05, 0.1) is 5.41 Å². The second-order valence-corrected chi connectivity index (χ2v) is 6.86. The van der Waals surface area contributed by atoms with E-state index >= 15 is 0 Å². The number of ether oxygens (including phenoxy) is 1. The van der Waals surface area contributed by atoms with Crippen LogP contribution in [-0.2, 0) is 4.79 Å². The number of imide groups is 1. The Hall–Kier alpha value is -2.67. The Kier molecular flexibility index (Phi) is 4.58. The van der Waals surface area contributed by atoms with Crippen LogP contribution in [-0.4, -0.2) is 24.0 Å². The van der Waals surface area contributed by atoms with Gasteiger partial charge >= 0.3 is 6.03 Å². The quantitative estimate of drug-likeness (QED) is 0.784. The third-order valence-electron chi connectivity index (χ3n) is 4.43. The van der Waals surface area contributed by atoms with Crippen molar-refractivity contribution in [3.8, 4) is 11.6 Å². The molecule has 3 rings (SSSR count). The Morgan fingerprint density at radius 2 is 1.96 bits per heavy atom. The molecule has 1 aromatic carbocycles. The van der Waals surface area contributed by atoms with Crippen molar-refractivity contribution >= 4 is 23.5 Å². The van der Waals surface area contributed by atoms with Crippen molar-refractivity contribution in [1.82, 2.24) is 15.6 Å². The molecule has 2 aromatic rings. The molecule has 3 amide bonds. The molecule has 1 aromatic heterocycles. The van der Waals surface area contributed by atoms with E-state index in [1.165, 1.54) is 13.1 Å². The molecule has 26 heavy (non-hydrogen) atoms. The normalized spacial score (nSPS) is 15.3. The summed E-state index contributed by atoms with van der Waals surface area (Å²) in [6.07, 6.45) is 0. The maximum Gasteiger partial charge on any atom is 0.321 e. The molecule has 2 heterocycles. The zero-order chi connectivity index (χ0) is 19.1. The lowest BCUT2D eigenvalue weighted by Crippen LogP contribution is -2.47. The summed E-state index contributed by atoms with van der Waals surface area (Å²) in [4.78, 5) is 28.5. The molecule has 6 nitrogen and oxygen atoms in total. The number of carbonyl (C=O) groups is 2. The van der Waals surface area contributed by atoms with Crippen LogP contribution in [0.4, 0.5) is 9.18 Å². The highest BCUT2D eigenvalue weighted by molar-refractivity contribution is 6.29. The van der Waals surface area contributed by atoms with Gasteiger partial charge in [-0.15, -0.1) is 0 Å². The monoisotopic (exact) mass is 377 g/mol. The topological polar surface area (TPSA) is 80.3 Å². The fraction of sp³-hybridized carbons (Fsp3) is 0.278. The van der Waals surface area contributed by atoms with Gasteiger partial charge in [-0.3, -0.25) is 10.1 Å². The van der Waals surface area contributed by atoms with Crippen LogP contribution >= 0.6 is 11.6 Å². The summed E-state index contributed by atoms with van der Waals surface area (Å²) in [6.45, 7) is 3.35. The molecule has 2 N–H and O–H groups in total. The predicted molar refractivity (Wildman–Crippen MR) is 93.9 cm³/mol. The van der Waals surface area contributed by atoms with E-state index in [0.717, 1.165) is 0 Å². The number of benzene rings is 1. The van der Waals surface area contributed by atoms with Gasteiger partial charge in [-0.2, -0.15) is 0 Å². The van der Waals surface area contributed by atoms with Crippen LogP contribution in [0.25, 0.3) is 0 Å². The minimum Gasteiger partial charge on any atom is -0.435 e. The molecule has 1 aliphatic rings. The highest BCUT2D eigenvalue weighted by atomic mass is 35.5. The molecule has 0 radical (unpaired) electrons. The van der Waals surface area contributed by atoms with Gasteiger partial charge < -0.3 is 10.1 Å². The summed E-state index contributed by atoms with van der Waals surface area (Å²) >= 11 is 5.94. The van der Waals surface area contributed by atoms with E-state index < -0.39 is 29.1 Å². The number of hydrogen-bond donors (Lipinski definition) is 2. The molecule has 0 unspecified atom stereocenters. The minimum atomic E-state index is -1.11. The number of fused-ring (bicyclic) bond motifs is 2. The highest BCUT2D eigenvalue weighted by Crippen LogP contribution is 2.52. The lowest BCUT2D eigenvalue weighted by molar-refractivity contribution is -0.128. The average molecular weight is 378 g/mol. The van der Waals surface area contributed by atoms with Crippen molar-refractivity contribution < 1.29 is 18.7 Å². The Balaban J connectivity index is 2.16. The molecular weight excluding hydrogens is 361 g/mol. The number of urea groups is 1. The van der Waals surface area contributed by atoms with Gasteiger partial charge in [-0.25, -0.2) is 14.2 Å². The number of nitrogens with one attached hydrogen (secondary N) is 2. The molecule has 1 aliphatic heterocycles. The Morgan fingerprint density at radius 1 is 1.23 bits per heavy atom. The van der Waals surface area contributed by atoms with Gasteiger partial charge in [0.2, 0.25) is 11.8 Å². The molecular formula is C18H17ClFN3O3. The van der Waals surface area contributed by atoms with Gasteiger partial charge in [0.25, 0.3) is 0 Å². The van der Waals surface area contributed by atoms with E-state index in [0.29, 0.717) is 11.1 Å². The summed E-state index contributed by atoms with van der Waals surface area (Å²) in [6, 6.07) is 7.15. The second-order valence-electron chi connectivity index (χ2n) is 6.48. The van der Waals surface area contributed by atoms with Crippen molar-refractivity contribution in [3.63, 3.8) is 0 Å². The SMILES string of the molecule is CNC(=O)NC(=O)C(C)(C)[C@@H]1c2ccc(Cl)nc2Oc2c(F)cccc21. The van der Waals surface area contributed by atoms with Crippen molar-refractivity contribution in [2.24, 2.45) is 5.41 Å². The van der Waals surface area contributed by atoms with Crippen molar-refractivity contribution in [3.05, 3.63) is 52.4 Å². The van der Waals surface area contributed by atoms with Crippen LogP contribution in [0, 0.1) is 11.2 Å². The summed E-state index contributed by atoms with van der Waals surface area (Å²) in [5.74, 6) is -1.53. The molecule has 0 spiro atoms. The van der Waals surface area contributed by atoms with Gasteiger partial charge in [0.1, 0.15) is 5.15 Å². The molecule has 0 bridgehead atoms. The van der Waals surface area contributed by atoms with Crippen molar-refractivity contribution in [2.75, 3.05) is 7.05 Å². The first-order valence-corrected chi connectivity index (χ1v) is 8.29. The highest BCUT2D eigenvalue weighted by Gasteiger charge is 2.45. The minimum absolute atomic E-state index is 0.000541. The molecule has 1 atom stereocenters. The Labute approximate surface area is 154 Å². The van der Waals surface area contributed by atoms with E-state index in [2.05, 4.69) is 15.6 Å². The second kappa shape index (κ2) is 6.57. The van der Waals surface area contributed by atoms with E-state index in [4.69, 9.17) is 16.3 Å². The Bertz CT molecular complexity index is 901. The van der Waals surface area contributed by atoms with Crippen molar-refractivity contribution in [2.45, 2.75) is 19.8 Å². The number of nitrogens with zero attached hydrogens (tertiary/aromatic N) is 1. The van der Waals surface area contributed by atoms with Gasteiger partial charge in [0, 0.05) is 24.1 Å². The number of hydrogen-bond acceptors (Lipinski definition) is 4. The first kappa shape index (κ1) is 18.1. The first-order chi connectivity index (χ1) is 12.3. The fourth-order valence-corrected chi connectivity index (χ4v) is 3.23. The van der Waals surface area contributed by atoms with Gasteiger partial charge in [-0.05, 0) is 18.2 Å². The number of rotatable bonds is 2. The zero-order valence-corrected chi connectivity index (χ0v) is 15.1. The fourth-order valence-electron chi connectivity index (χ4n) is 3.09. The summed E-state index contributed by atoms with van der Waals surface area (Å²) < 4.78 is 20.0. The smallest absolute Gasteiger partial charge is 0.321 e. The van der Waals surface area contributed by atoms with Crippen LogP contribution in [0.5, 0.6) is 11.6 Å². The zero-order valence-electron chi connectivity index (χ0n) is 14.4. The number of pyridine rings is 1. The predicted octanol–water partition coefficient (Wildman–Crippen LogP) is 3.59. The Morgan fingerprint density at radius 3 is 2.65 bits per heavy atom. The van der Waals surface area contributed by atoms with E-state index in [-0.39, 0.29) is 16.8 Å². The maximum absolute atomic E-state index is 14.3. The standard InChI is InChI=1S/C18H17ClFN3O3/c1-18(2,16(24)23-17(25)21-3)13-9-5-4-6-11(20)14(9)26-15-10(13)7-8-12(19)22-15/h4-8,13H,1-3H3,(H2,21,23,24,25)/t13-/m0/s1. The molecule has 0 fully saturated rings. The first-order valence-electron chi connectivity index (χ1n) is 7.91. The molecule has 136 valence electrons. The van der Waals surface area contributed by atoms with Crippen molar-refractivity contribution in [1.29, 1.82) is 0 Å². The summed E-state index contributed by atoms with van der Waals surface area (Å²) in [5, 5.41) is 4.81. The third-order valence-corrected chi connectivity index (χ3v) is 4.65.